The minimum Gasteiger partial charge on any atom is -0.481 e. The van der Waals surface area contributed by atoms with Crippen LogP contribution in [-0.4, -0.2) is 46.2 Å². The van der Waals surface area contributed by atoms with Crippen molar-refractivity contribution in [2.75, 3.05) is 18.0 Å². The number of aryl methyl sites for hydroxylation is 4. The second kappa shape index (κ2) is 11.3. The van der Waals surface area contributed by atoms with Gasteiger partial charge in [0.15, 0.2) is 0 Å². The van der Waals surface area contributed by atoms with Gasteiger partial charge in [-0.25, -0.2) is 9.78 Å². The number of hydrogen-bond acceptors (Lipinski definition) is 5. The third-order valence-electron chi connectivity index (χ3n) is 8.12. The van der Waals surface area contributed by atoms with Crippen molar-refractivity contribution in [2.45, 2.75) is 71.8 Å². The number of aliphatic carboxylic acids is 1. The van der Waals surface area contributed by atoms with E-state index in [1.807, 2.05) is 38.1 Å². The largest absolute Gasteiger partial charge is 0.481 e. The van der Waals surface area contributed by atoms with Crippen molar-refractivity contribution in [1.29, 1.82) is 0 Å². The van der Waals surface area contributed by atoms with E-state index in [0.29, 0.717) is 23.2 Å². The zero-order valence-corrected chi connectivity index (χ0v) is 24.1. The van der Waals surface area contributed by atoms with Crippen molar-refractivity contribution in [1.82, 2.24) is 9.88 Å². The molecular weight excluding hydrogens is 547 g/mol. The van der Waals surface area contributed by atoms with Gasteiger partial charge in [-0.15, -0.1) is 0 Å². The molecule has 7 nitrogen and oxygen atoms in total. The summed E-state index contributed by atoms with van der Waals surface area (Å²) in [4.78, 5) is 33.1. The van der Waals surface area contributed by atoms with Crippen LogP contribution in [0.1, 0.15) is 64.9 Å². The van der Waals surface area contributed by atoms with Gasteiger partial charge in [-0.05, 0) is 86.6 Å². The molecule has 0 spiro atoms. The lowest BCUT2D eigenvalue weighted by atomic mass is 9.92. The van der Waals surface area contributed by atoms with E-state index in [1.54, 1.807) is 19.9 Å². The van der Waals surface area contributed by atoms with E-state index in [4.69, 9.17) is 9.72 Å². The number of hydrogen-bond donors (Lipinski definition) is 1. The number of carboxylic acids is 1. The van der Waals surface area contributed by atoms with E-state index in [2.05, 4.69) is 4.90 Å². The molecule has 0 bridgehead atoms. The maximum absolute atomic E-state index is 13.5. The van der Waals surface area contributed by atoms with Gasteiger partial charge in [-0.1, -0.05) is 29.8 Å². The summed E-state index contributed by atoms with van der Waals surface area (Å²) in [5, 5.41) is 9.18. The standard InChI is InChI=1S/C32H34F3N3O4/c1-18-12-23(16-24(13-18)32(33,34)35)30-21(4)38(31(41)42-30)17-26-29(20(3)14-27(36-26)37-10-5-11-37)25-15-22(7-6-19(25)2)8-9-28(39)40/h6-7,12-16,21,30H,5,8-11,17H2,1-4H3,(H,39,40)/t21-,30-/m0/s1. The predicted octanol–water partition coefficient (Wildman–Crippen LogP) is 7.00. The Kier molecular flexibility index (Phi) is 7.92. The van der Waals surface area contributed by atoms with Crippen LogP contribution in [0.2, 0.25) is 0 Å². The number of alkyl halides is 3. The molecule has 2 aromatic carbocycles. The summed E-state index contributed by atoms with van der Waals surface area (Å²) in [6, 6.07) is 11.1. The minimum atomic E-state index is -4.52. The number of carboxylic acid groups (broad SMARTS) is 1. The number of amides is 1. The topological polar surface area (TPSA) is 83.0 Å². The van der Waals surface area contributed by atoms with Gasteiger partial charge < -0.3 is 14.7 Å². The lowest BCUT2D eigenvalue weighted by Crippen LogP contribution is -2.38. The highest BCUT2D eigenvalue weighted by Gasteiger charge is 2.42. The van der Waals surface area contributed by atoms with Gasteiger partial charge in [0.1, 0.15) is 11.9 Å². The molecule has 222 valence electrons. The normalized spacial score (nSPS) is 18.7. The van der Waals surface area contributed by atoms with Gasteiger partial charge in [-0.3, -0.25) is 9.69 Å². The van der Waals surface area contributed by atoms with E-state index in [-0.39, 0.29) is 13.0 Å². The number of nitrogens with zero attached hydrogens (tertiary/aromatic N) is 3. The minimum absolute atomic E-state index is 0.00796. The summed E-state index contributed by atoms with van der Waals surface area (Å²) < 4.78 is 46.3. The molecule has 3 heterocycles. The Morgan fingerprint density at radius 2 is 1.81 bits per heavy atom. The van der Waals surface area contributed by atoms with E-state index in [9.17, 15) is 27.9 Å². The Balaban J connectivity index is 1.53. The van der Waals surface area contributed by atoms with Crippen LogP contribution in [0.4, 0.5) is 23.8 Å². The summed E-state index contributed by atoms with van der Waals surface area (Å²) in [5.74, 6) is -0.0657. The number of carbonyl (C=O) groups excluding carboxylic acids is 1. The first-order valence-electron chi connectivity index (χ1n) is 14.0. The lowest BCUT2D eigenvalue weighted by Gasteiger charge is -2.33. The van der Waals surface area contributed by atoms with Crippen molar-refractivity contribution in [2.24, 2.45) is 0 Å². The number of carbonyl (C=O) groups is 2. The average molecular weight is 582 g/mol. The highest BCUT2D eigenvalue weighted by Crippen LogP contribution is 2.40. The smallest absolute Gasteiger partial charge is 0.416 e. The van der Waals surface area contributed by atoms with E-state index in [0.717, 1.165) is 65.3 Å². The Labute approximate surface area is 242 Å². The SMILES string of the molecule is Cc1cc([C@H]2OC(=O)N(Cc3nc(N4CCC4)cc(C)c3-c3cc(CCC(=O)O)ccc3C)[C@H]2C)cc(C(F)(F)F)c1. The molecule has 1 N–H and O–H groups in total. The van der Waals surface area contributed by atoms with Crippen LogP contribution in [0, 0.1) is 20.8 Å². The van der Waals surface area contributed by atoms with Crippen LogP contribution in [0.15, 0.2) is 42.5 Å². The molecule has 2 aliphatic heterocycles. The van der Waals surface area contributed by atoms with Crippen molar-refractivity contribution in [3.8, 4) is 11.1 Å². The molecule has 5 rings (SSSR count). The van der Waals surface area contributed by atoms with Crippen molar-refractivity contribution in [3.05, 3.63) is 81.5 Å². The molecule has 2 fully saturated rings. The van der Waals surface area contributed by atoms with Gasteiger partial charge in [0.25, 0.3) is 0 Å². The second-order valence-electron chi connectivity index (χ2n) is 11.3. The van der Waals surface area contributed by atoms with Gasteiger partial charge in [0.05, 0.1) is 23.8 Å². The molecular formula is C32H34F3N3O4. The van der Waals surface area contributed by atoms with E-state index in [1.165, 1.54) is 4.90 Å². The van der Waals surface area contributed by atoms with Gasteiger partial charge in [0, 0.05) is 25.1 Å². The number of aromatic nitrogens is 1. The second-order valence-corrected chi connectivity index (χ2v) is 11.3. The first-order valence-corrected chi connectivity index (χ1v) is 14.0. The molecule has 10 heteroatoms. The molecule has 2 saturated heterocycles. The summed E-state index contributed by atoms with van der Waals surface area (Å²) in [7, 11) is 0. The van der Waals surface area contributed by atoms with Gasteiger partial charge in [-0.2, -0.15) is 13.2 Å². The number of ether oxygens (including phenoxy) is 1. The number of pyridine rings is 1. The quantitative estimate of drug-likeness (QED) is 0.308. The number of anilines is 1. The Morgan fingerprint density at radius 3 is 2.45 bits per heavy atom. The molecule has 1 aromatic heterocycles. The maximum atomic E-state index is 13.5. The Hall–Kier alpha value is -4.08. The first-order chi connectivity index (χ1) is 19.8. The summed E-state index contributed by atoms with van der Waals surface area (Å²) in [6.45, 7) is 9.20. The fraction of sp³-hybridized carbons (Fsp3) is 0.406. The average Bonchev–Trinajstić information content (AvgIpc) is 3.15. The number of halogens is 3. The maximum Gasteiger partial charge on any atom is 0.416 e. The van der Waals surface area contributed by atoms with Crippen molar-refractivity contribution < 1.29 is 32.6 Å². The fourth-order valence-electron chi connectivity index (χ4n) is 5.72. The summed E-state index contributed by atoms with van der Waals surface area (Å²) in [5.41, 5.74) is 5.18. The monoisotopic (exact) mass is 581 g/mol. The fourth-order valence-corrected chi connectivity index (χ4v) is 5.72. The lowest BCUT2D eigenvalue weighted by molar-refractivity contribution is -0.138. The van der Waals surface area contributed by atoms with Crippen LogP contribution in [0.25, 0.3) is 11.1 Å². The molecule has 0 unspecified atom stereocenters. The Morgan fingerprint density at radius 1 is 1.07 bits per heavy atom. The number of benzene rings is 2. The van der Waals surface area contributed by atoms with E-state index >= 15 is 0 Å². The third kappa shape index (κ3) is 5.93. The zero-order valence-electron chi connectivity index (χ0n) is 24.1. The van der Waals surface area contributed by atoms with E-state index < -0.39 is 35.9 Å². The van der Waals surface area contributed by atoms with Crippen LogP contribution in [0.5, 0.6) is 0 Å². The molecule has 1 amide bonds. The molecule has 2 aliphatic rings. The molecule has 0 aliphatic carbocycles. The summed E-state index contributed by atoms with van der Waals surface area (Å²) in [6.07, 6.45) is -4.55. The van der Waals surface area contributed by atoms with Crippen LogP contribution in [-0.2, 0) is 28.7 Å². The summed E-state index contributed by atoms with van der Waals surface area (Å²) >= 11 is 0. The van der Waals surface area contributed by atoms with Crippen molar-refractivity contribution >= 4 is 17.9 Å². The molecule has 3 aromatic rings. The van der Waals surface area contributed by atoms with Crippen LogP contribution in [0.3, 0.4) is 0 Å². The highest BCUT2D eigenvalue weighted by atomic mass is 19.4. The predicted molar refractivity (Wildman–Crippen MR) is 152 cm³/mol. The molecule has 2 atom stereocenters. The number of cyclic esters (lactones) is 1. The Bertz CT molecular complexity index is 1530. The molecule has 42 heavy (non-hydrogen) atoms. The highest BCUT2D eigenvalue weighted by molar-refractivity contribution is 5.77. The number of rotatable bonds is 8. The van der Waals surface area contributed by atoms with Crippen LogP contribution < -0.4 is 4.90 Å². The van der Waals surface area contributed by atoms with Crippen molar-refractivity contribution in [3.63, 3.8) is 0 Å². The van der Waals surface area contributed by atoms with Gasteiger partial charge >= 0.3 is 18.2 Å². The first kappa shape index (κ1) is 29.4. The van der Waals surface area contributed by atoms with Crippen LogP contribution >= 0.6 is 0 Å². The third-order valence-corrected chi connectivity index (χ3v) is 8.12. The van der Waals surface area contributed by atoms with Gasteiger partial charge in [0.2, 0.25) is 0 Å². The molecule has 0 saturated carbocycles. The zero-order chi connectivity index (χ0) is 30.3. The molecule has 0 radical (unpaired) electrons.